The van der Waals surface area contributed by atoms with Gasteiger partial charge in [0, 0.05) is 20.3 Å². The highest BCUT2D eigenvalue weighted by molar-refractivity contribution is 9.10. The molecule has 3 rings (SSSR count). The molecule has 1 aromatic heterocycles. The molecule has 0 N–H and O–H groups in total. The van der Waals surface area contributed by atoms with E-state index >= 15 is 0 Å². The summed E-state index contributed by atoms with van der Waals surface area (Å²) in [7, 11) is 0. The highest BCUT2D eigenvalue weighted by Crippen LogP contribution is 2.29. The van der Waals surface area contributed by atoms with Gasteiger partial charge in [0.05, 0.1) is 5.69 Å². The first kappa shape index (κ1) is 14.6. The van der Waals surface area contributed by atoms with E-state index in [2.05, 4.69) is 105 Å². The van der Waals surface area contributed by atoms with Crippen LogP contribution < -0.4 is 0 Å². The van der Waals surface area contributed by atoms with Crippen LogP contribution in [-0.4, -0.2) is 4.57 Å². The van der Waals surface area contributed by atoms with E-state index in [1.165, 1.54) is 28.2 Å². The summed E-state index contributed by atoms with van der Waals surface area (Å²) in [5.41, 5.74) is 6.08. The molecule has 1 nitrogen and oxygen atoms in total. The van der Waals surface area contributed by atoms with E-state index in [0.717, 1.165) is 8.95 Å². The van der Waals surface area contributed by atoms with Gasteiger partial charge in [0.25, 0.3) is 0 Å². The Bertz CT molecular complexity index is 785. The van der Waals surface area contributed by atoms with E-state index in [0.29, 0.717) is 0 Å². The van der Waals surface area contributed by atoms with Crippen LogP contribution in [-0.2, 0) is 0 Å². The standard InChI is InChI=1S/C18H15Br2N/c1-12-11-16(8-9-17(12)20)21-13(2)3-10-18(21)14-4-6-15(19)7-5-14/h3-11H,1-2H3. The first-order valence-corrected chi connectivity index (χ1v) is 8.35. The first-order valence-electron chi connectivity index (χ1n) is 6.77. The second-order valence-electron chi connectivity index (χ2n) is 5.14. The molecule has 2 aromatic carbocycles. The van der Waals surface area contributed by atoms with E-state index in [-0.39, 0.29) is 0 Å². The minimum absolute atomic E-state index is 1.10. The number of rotatable bonds is 2. The minimum Gasteiger partial charge on any atom is -0.314 e. The van der Waals surface area contributed by atoms with E-state index in [1.54, 1.807) is 0 Å². The van der Waals surface area contributed by atoms with Crippen molar-refractivity contribution in [3.63, 3.8) is 0 Å². The maximum Gasteiger partial charge on any atom is 0.0531 e. The Kier molecular flexibility index (Phi) is 4.05. The number of hydrogen-bond acceptors (Lipinski definition) is 0. The zero-order valence-electron chi connectivity index (χ0n) is 11.9. The van der Waals surface area contributed by atoms with Gasteiger partial charge in [0.1, 0.15) is 0 Å². The summed E-state index contributed by atoms with van der Waals surface area (Å²) in [6.07, 6.45) is 0. The fraction of sp³-hybridized carbons (Fsp3) is 0.111. The molecule has 0 fully saturated rings. The van der Waals surface area contributed by atoms with Gasteiger partial charge in [-0.05, 0) is 67.4 Å². The summed E-state index contributed by atoms with van der Waals surface area (Å²) in [5.74, 6) is 0. The molecule has 0 aliphatic carbocycles. The molecule has 0 saturated heterocycles. The van der Waals surface area contributed by atoms with Crippen molar-refractivity contribution in [3.05, 3.63) is 74.8 Å². The molecule has 3 heteroatoms. The average Bonchev–Trinajstić information content (AvgIpc) is 2.85. The van der Waals surface area contributed by atoms with Crippen LogP contribution in [0.15, 0.2) is 63.5 Å². The third kappa shape index (κ3) is 2.85. The van der Waals surface area contributed by atoms with Gasteiger partial charge < -0.3 is 4.57 Å². The quantitative estimate of drug-likeness (QED) is 0.473. The Morgan fingerprint density at radius 1 is 0.810 bits per heavy atom. The zero-order valence-corrected chi connectivity index (χ0v) is 15.1. The summed E-state index contributed by atoms with van der Waals surface area (Å²) >= 11 is 7.06. The Balaban J connectivity index is 2.16. The topological polar surface area (TPSA) is 4.93 Å². The van der Waals surface area contributed by atoms with Gasteiger partial charge in [-0.15, -0.1) is 0 Å². The second-order valence-corrected chi connectivity index (χ2v) is 6.91. The molecule has 106 valence electrons. The van der Waals surface area contributed by atoms with Crippen LogP contribution in [0, 0.1) is 13.8 Å². The third-order valence-electron chi connectivity index (χ3n) is 3.62. The van der Waals surface area contributed by atoms with Crippen molar-refractivity contribution in [2.75, 3.05) is 0 Å². The van der Waals surface area contributed by atoms with Gasteiger partial charge in [0.2, 0.25) is 0 Å². The maximum atomic E-state index is 3.57. The number of hydrogen-bond donors (Lipinski definition) is 0. The predicted molar refractivity (Wildman–Crippen MR) is 96.1 cm³/mol. The Morgan fingerprint density at radius 3 is 2.19 bits per heavy atom. The van der Waals surface area contributed by atoms with Crippen LogP contribution in [0.25, 0.3) is 16.9 Å². The normalized spacial score (nSPS) is 10.9. The van der Waals surface area contributed by atoms with E-state index in [4.69, 9.17) is 0 Å². The molecule has 0 amide bonds. The molecule has 0 aliphatic heterocycles. The smallest absolute Gasteiger partial charge is 0.0531 e. The van der Waals surface area contributed by atoms with E-state index in [1.807, 2.05) is 0 Å². The lowest BCUT2D eigenvalue weighted by Crippen LogP contribution is -1.99. The molecular weight excluding hydrogens is 390 g/mol. The fourth-order valence-corrected chi connectivity index (χ4v) is 3.01. The Hall–Kier alpha value is -1.32. The van der Waals surface area contributed by atoms with Gasteiger partial charge in [-0.2, -0.15) is 0 Å². The van der Waals surface area contributed by atoms with Gasteiger partial charge in [-0.25, -0.2) is 0 Å². The van der Waals surface area contributed by atoms with Crippen molar-refractivity contribution < 1.29 is 0 Å². The lowest BCUT2D eigenvalue weighted by molar-refractivity contribution is 1.02. The second kappa shape index (κ2) is 5.82. The Morgan fingerprint density at radius 2 is 1.52 bits per heavy atom. The molecule has 0 unspecified atom stereocenters. The highest BCUT2D eigenvalue weighted by atomic mass is 79.9. The number of benzene rings is 2. The Labute approximate surface area is 141 Å². The summed E-state index contributed by atoms with van der Waals surface area (Å²) in [6, 6.07) is 19.2. The van der Waals surface area contributed by atoms with Crippen LogP contribution in [0.5, 0.6) is 0 Å². The lowest BCUT2D eigenvalue weighted by Gasteiger charge is -2.13. The monoisotopic (exact) mass is 403 g/mol. The summed E-state index contributed by atoms with van der Waals surface area (Å²) in [6.45, 7) is 4.26. The molecule has 3 aromatic rings. The molecule has 0 saturated carbocycles. The molecular formula is C18H15Br2N. The third-order valence-corrected chi connectivity index (χ3v) is 5.03. The molecule has 0 aliphatic rings. The van der Waals surface area contributed by atoms with E-state index < -0.39 is 0 Å². The largest absolute Gasteiger partial charge is 0.314 e. The average molecular weight is 405 g/mol. The van der Waals surface area contributed by atoms with Gasteiger partial charge in [0.15, 0.2) is 0 Å². The molecule has 0 spiro atoms. The number of aromatic nitrogens is 1. The summed E-state index contributed by atoms with van der Waals surface area (Å²) in [5, 5.41) is 0. The number of halogens is 2. The van der Waals surface area contributed by atoms with Crippen LogP contribution in [0.1, 0.15) is 11.3 Å². The van der Waals surface area contributed by atoms with Crippen molar-refractivity contribution in [3.8, 4) is 16.9 Å². The summed E-state index contributed by atoms with van der Waals surface area (Å²) < 4.78 is 4.53. The molecule has 0 atom stereocenters. The first-order chi connectivity index (χ1) is 10.1. The lowest BCUT2D eigenvalue weighted by atomic mass is 10.1. The van der Waals surface area contributed by atoms with Crippen LogP contribution in [0.2, 0.25) is 0 Å². The SMILES string of the molecule is Cc1cc(-n2c(C)ccc2-c2ccc(Br)cc2)ccc1Br. The number of nitrogens with zero attached hydrogens (tertiary/aromatic N) is 1. The van der Waals surface area contributed by atoms with Crippen molar-refractivity contribution in [2.45, 2.75) is 13.8 Å². The van der Waals surface area contributed by atoms with E-state index in [9.17, 15) is 0 Å². The van der Waals surface area contributed by atoms with Gasteiger partial charge in [-0.1, -0.05) is 44.0 Å². The van der Waals surface area contributed by atoms with Crippen molar-refractivity contribution in [1.29, 1.82) is 0 Å². The predicted octanol–water partition coefficient (Wildman–Crippen LogP) is 6.29. The van der Waals surface area contributed by atoms with Crippen LogP contribution in [0.3, 0.4) is 0 Å². The molecule has 0 bridgehead atoms. The fourth-order valence-electron chi connectivity index (χ4n) is 2.50. The minimum atomic E-state index is 1.10. The van der Waals surface area contributed by atoms with Gasteiger partial charge >= 0.3 is 0 Å². The van der Waals surface area contributed by atoms with Crippen molar-refractivity contribution >= 4 is 31.9 Å². The van der Waals surface area contributed by atoms with Crippen LogP contribution in [0.4, 0.5) is 0 Å². The molecule has 1 heterocycles. The van der Waals surface area contributed by atoms with Crippen molar-refractivity contribution in [1.82, 2.24) is 4.57 Å². The number of aryl methyl sites for hydroxylation is 2. The molecule has 21 heavy (non-hydrogen) atoms. The zero-order chi connectivity index (χ0) is 15.0. The molecule has 0 radical (unpaired) electrons. The summed E-state index contributed by atoms with van der Waals surface area (Å²) in [4.78, 5) is 0. The van der Waals surface area contributed by atoms with Gasteiger partial charge in [-0.3, -0.25) is 0 Å². The maximum absolute atomic E-state index is 3.57. The van der Waals surface area contributed by atoms with Crippen LogP contribution >= 0.6 is 31.9 Å². The van der Waals surface area contributed by atoms with Crippen molar-refractivity contribution in [2.24, 2.45) is 0 Å². The highest BCUT2D eigenvalue weighted by Gasteiger charge is 2.10.